The number of hydrogen-bond acceptors (Lipinski definition) is 1. The molecule has 0 unspecified atom stereocenters. The van der Waals surface area contributed by atoms with Crippen LogP contribution in [0.15, 0.2) is 29.4 Å². The number of rotatable bonds is 4. The molecule has 0 saturated heterocycles. The van der Waals surface area contributed by atoms with Crippen molar-refractivity contribution in [2.75, 3.05) is 6.54 Å². The third-order valence-corrected chi connectivity index (χ3v) is 1.82. The second-order valence-electron chi connectivity index (χ2n) is 2.90. The fraction of sp³-hybridized carbons (Fsp3) is 0.200. The van der Waals surface area contributed by atoms with E-state index in [-0.39, 0.29) is 6.54 Å². The van der Waals surface area contributed by atoms with E-state index in [1.165, 1.54) is 18.2 Å². The fourth-order valence-corrected chi connectivity index (χ4v) is 1.10. The van der Waals surface area contributed by atoms with Crippen molar-refractivity contribution in [2.24, 2.45) is 5.11 Å². The van der Waals surface area contributed by atoms with E-state index in [1.54, 1.807) is 0 Å². The lowest BCUT2D eigenvalue weighted by Gasteiger charge is -2.02. The van der Waals surface area contributed by atoms with Gasteiger partial charge in [0.25, 0.3) is 6.43 Å². The van der Waals surface area contributed by atoms with Crippen LogP contribution in [-0.4, -0.2) is 6.54 Å². The summed E-state index contributed by atoms with van der Waals surface area (Å²) >= 11 is 0. The van der Waals surface area contributed by atoms with Gasteiger partial charge >= 0.3 is 0 Å². The molecule has 0 fully saturated rings. The summed E-state index contributed by atoms with van der Waals surface area (Å²) in [6.07, 6.45) is 0.185. The second kappa shape index (κ2) is 5.82. The Labute approximate surface area is 89.8 Å². The van der Waals surface area contributed by atoms with Gasteiger partial charge in [-0.2, -0.15) is 0 Å². The zero-order chi connectivity index (χ0) is 12.0. The molecule has 0 aliphatic rings. The lowest BCUT2D eigenvalue weighted by Crippen LogP contribution is -1.90. The quantitative estimate of drug-likeness (QED) is 0.422. The molecule has 0 saturated carbocycles. The average Bonchev–Trinajstić information content (AvgIpc) is 2.24. The SMILES string of the molecule is [N-]=[N+]=NCC=Cc1ccc(C(F)F)c(F)c1. The zero-order valence-corrected chi connectivity index (χ0v) is 8.15. The molecule has 0 aliphatic heterocycles. The van der Waals surface area contributed by atoms with Gasteiger partial charge in [0.05, 0.1) is 5.56 Å². The molecule has 0 radical (unpaired) electrons. The molecule has 1 aromatic carbocycles. The van der Waals surface area contributed by atoms with E-state index in [9.17, 15) is 13.2 Å². The maximum Gasteiger partial charge on any atom is 0.266 e. The van der Waals surface area contributed by atoms with Crippen LogP contribution in [-0.2, 0) is 0 Å². The lowest BCUT2D eigenvalue weighted by molar-refractivity contribution is 0.146. The Hall–Kier alpha value is -1.94. The number of alkyl halides is 2. The van der Waals surface area contributed by atoms with Crippen molar-refractivity contribution >= 4 is 6.08 Å². The van der Waals surface area contributed by atoms with Gasteiger partial charge in [-0.25, -0.2) is 13.2 Å². The summed E-state index contributed by atoms with van der Waals surface area (Å²) in [4.78, 5) is 2.52. The van der Waals surface area contributed by atoms with E-state index >= 15 is 0 Å². The smallest absolute Gasteiger partial charge is 0.206 e. The molecule has 0 amide bonds. The zero-order valence-electron chi connectivity index (χ0n) is 8.15. The molecule has 0 N–H and O–H groups in total. The van der Waals surface area contributed by atoms with Gasteiger partial charge in [-0.3, -0.25) is 0 Å². The molecule has 6 heteroatoms. The van der Waals surface area contributed by atoms with Crippen LogP contribution in [0.3, 0.4) is 0 Å². The Kier molecular flexibility index (Phi) is 4.42. The molecule has 84 valence electrons. The average molecular weight is 227 g/mol. The van der Waals surface area contributed by atoms with Gasteiger partial charge in [-0.15, -0.1) is 0 Å². The molecule has 0 bridgehead atoms. The van der Waals surface area contributed by atoms with Crippen LogP contribution in [0.25, 0.3) is 16.5 Å². The summed E-state index contributed by atoms with van der Waals surface area (Å²) in [6, 6.07) is 3.42. The summed E-state index contributed by atoms with van der Waals surface area (Å²) < 4.78 is 37.5. The molecule has 3 nitrogen and oxygen atoms in total. The minimum atomic E-state index is -2.82. The minimum Gasteiger partial charge on any atom is -0.206 e. The first-order chi connectivity index (χ1) is 7.65. The number of hydrogen-bond donors (Lipinski definition) is 0. The Morgan fingerprint density at radius 1 is 1.44 bits per heavy atom. The van der Waals surface area contributed by atoms with E-state index in [0.29, 0.717) is 5.56 Å². The summed E-state index contributed by atoms with van der Waals surface area (Å²) in [5, 5.41) is 3.24. The van der Waals surface area contributed by atoms with Crippen molar-refractivity contribution in [1.29, 1.82) is 0 Å². The first-order valence-corrected chi connectivity index (χ1v) is 4.40. The van der Waals surface area contributed by atoms with Crippen LogP contribution in [0.1, 0.15) is 17.6 Å². The largest absolute Gasteiger partial charge is 0.266 e. The first kappa shape index (κ1) is 12.1. The predicted octanol–water partition coefficient (Wildman–Crippen LogP) is 4.09. The van der Waals surface area contributed by atoms with Gasteiger partial charge in [0.2, 0.25) is 0 Å². The number of benzene rings is 1. The highest BCUT2D eigenvalue weighted by atomic mass is 19.3. The van der Waals surface area contributed by atoms with Gasteiger partial charge in [-0.1, -0.05) is 23.3 Å². The number of nitrogens with zero attached hydrogens (tertiary/aromatic N) is 3. The third-order valence-electron chi connectivity index (χ3n) is 1.82. The van der Waals surface area contributed by atoms with Crippen molar-refractivity contribution in [1.82, 2.24) is 0 Å². The molecule has 0 heterocycles. The summed E-state index contributed by atoms with van der Waals surface area (Å²) in [7, 11) is 0. The molecule has 1 aromatic rings. The normalized spacial score (nSPS) is 10.8. The second-order valence-corrected chi connectivity index (χ2v) is 2.90. The molecular weight excluding hydrogens is 219 g/mol. The van der Waals surface area contributed by atoms with Gasteiger partial charge in [0.1, 0.15) is 5.82 Å². The fourth-order valence-electron chi connectivity index (χ4n) is 1.10. The third kappa shape index (κ3) is 3.33. The van der Waals surface area contributed by atoms with E-state index in [2.05, 4.69) is 10.0 Å². The van der Waals surface area contributed by atoms with Crippen LogP contribution < -0.4 is 0 Å². The Balaban J connectivity index is 2.81. The van der Waals surface area contributed by atoms with E-state index in [4.69, 9.17) is 5.53 Å². The molecule has 0 aromatic heterocycles. The van der Waals surface area contributed by atoms with Gasteiger partial charge < -0.3 is 0 Å². The van der Waals surface area contributed by atoms with Crippen LogP contribution in [0, 0.1) is 5.82 Å². The van der Waals surface area contributed by atoms with Crippen molar-refractivity contribution < 1.29 is 13.2 Å². The number of azide groups is 1. The Morgan fingerprint density at radius 2 is 2.19 bits per heavy atom. The highest BCUT2D eigenvalue weighted by Crippen LogP contribution is 2.22. The van der Waals surface area contributed by atoms with E-state index in [1.807, 2.05) is 0 Å². The minimum absolute atomic E-state index is 0.134. The molecule has 0 aliphatic carbocycles. The molecule has 1 rings (SSSR count). The predicted molar refractivity (Wildman–Crippen MR) is 54.4 cm³/mol. The summed E-state index contributed by atoms with van der Waals surface area (Å²) in [5.74, 6) is -0.944. The Bertz CT molecular complexity index is 437. The molecular formula is C10H8F3N3. The summed E-state index contributed by atoms with van der Waals surface area (Å²) in [6.45, 7) is 0.134. The summed E-state index contributed by atoms with van der Waals surface area (Å²) in [5.41, 5.74) is 7.81. The topological polar surface area (TPSA) is 48.8 Å². The highest BCUT2D eigenvalue weighted by Gasteiger charge is 2.12. The highest BCUT2D eigenvalue weighted by molar-refractivity contribution is 5.50. The maximum atomic E-state index is 13.1. The van der Waals surface area contributed by atoms with Gasteiger partial charge in [0.15, 0.2) is 0 Å². The van der Waals surface area contributed by atoms with Crippen LogP contribution in [0.5, 0.6) is 0 Å². The van der Waals surface area contributed by atoms with Crippen molar-refractivity contribution in [3.63, 3.8) is 0 Å². The molecule has 16 heavy (non-hydrogen) atoms. The van der Waals surface area contributed by atoms with Crippen molar-refractivity contribution in [2.45, 2.75) is 6.43 Å². The van der Waals surface area contributed by atoms with Crippen LogP contribution in [0.4, 0.5) is 13.2 Å². The first-order valence-electron chi connectivity index (χ1n) is 4.40. The monoisotopic (exact) mass is 227 g/mol. The molecule has 0 spiro atoms. The number of halogens is 3. The maximum absolute atomic E-state index is 13.1. The van der Waals surface area contributed by atoms with Gasteiger partial charge in [-0.05, 0) is 23.2 Å². The standard InChI is InChI=1S/C10H8F3N3/c11-9-6-7(2-1-5-15-16-14)3-4-8(9)10(12)13/h1-4,6,10H,5H2. The Morgan fingerprint density at radius 3 is 2.75 bits per heavy atom. The molecule has 0 atom stereocenters. The van der Waals surface area contributed by atoms with Crippen LogP contribution in [0.2, 0.25) is 0 Å². The van der Waals surface area contributed by atoms with Gasteiger partial charge in [0, 0.05) is 11.5 Å². The lowest BCUT2D eigenvalue weighted by atomic mass is 10.1. The van der Waals surface area contributed by atoms with E-state index < -0.39 is 17.8 Å². The van der Waals surface area contributed by atoms with E-state index in [0.717, 1.165) is 12.1 Å². The van der Waals surface area contributed by atoms with Crippen molar-refractivity contribution in [3.8, 4) is 0 Å². The van der Waals surface area contributed by atoms with Crippen molar-refractivity contribution in [3.05, 3.63) is 51.7 Å². The van der Waals surface area contributed by atoms with Crippen LogP contribution >= 0.6 is 0 Å².